The van der Waals surface area contributed by atoms with E-state index in [4.69, 9.17) is 0 Å². The number of hydrogen-bond acceptors (Lipinski definition) is 4. The van der Waals surface area contributed by atoms with Gasteiger partial charge in [-0.15, -0.1) is 0 Å². The van der Waals surface area contributed by atoms with E-state index in [1.54, 1.807) is 0 Å². The van der Waals surface area contributed by atoms with Crippen LogP contribution in [0.3, 0.4) is 0 Å². The van der Waals surface area contributed by atoms with Gasteiger partial charge in [0.1, 0.15) is 13.3 Å². The van der Waals surface area contributed by atoms with Gasteiger partial charge in [-0.25, -0.2) is 0 Å². The highest BCUT2D eigenvalue weighted by Crippen LogP contribution is 2.46. The van der Waals surface area contributed by atoms with Crippen molar-refractivity contribution >= 4 is 44.0 Å². The molecule has 0 saturated carbocycles. The molecule has 0 aliphatic carbocycles. The molecule has 2 aromatic heterocycles. The molecule has 3 aromatic carbocycles. The molecule has 6 heterocycles. The first kappa shape index (κ1) is 22.5. The molecular formula is C34H34N6. The van der Waals surface area contributed by atoms with Crippen molar-refractivity contribution in [3.05, 3.63) is 95.6 Å². The van der Waals surface area contributed by atoms with Crippen molar-refractivity contribution in [2.75, 3.05) is 13.3 Å². The topological polar surface area (TPSA) is 44.5 Å². The van der Waals surface area contributed by atoms with Gasteiger partial charge in [0.15, 0.2) is 0 Å². The molecule has 5 aromatic rings. The molecule has 6 heteroatoms. The number of aromatic nitrogens is 2. The van der Waals surface area contributed by atoms with Gasteiger partial charge < -0.3 is 19.8 Å². The summed E-state index contributed by atoms with van der Waals surface area (Å²) in [5.74, 6) is 0.641. The number of hydrazine groups is 1. The summed E-state index contributed by atoms with van der Waals surface area (Å²) in [6.45, 7) is 11.2. The van der Waals surface area contributed by atoms with Gasteiger partial charge in [-0.05, 0) is 36.8 Å². The lowest BCUT2D eigenvalue weighted by molar-refractivity contribution is 0.0320. The molecule has 0 spiro atoms. The Morgan fingerprint density at radius 1 is 0.575 bits per heavy atom. The smallest absolute Gasteiger partial charge is 0.110 e. The Morgan fingerprint density at radius 3 is 1.45 bits per heavy atom. The predicted molar refractivity (Wildman–Crippen MR) is 163 cm³/mol. The quantitative estimate of drug-likeness (QED) is 0.224. The van der Waals surface area contributed by atoms with E-state index in [9.17, 15) is 0 Å². The minimum atomic E-state index is 0.317. The zero-order chi connectivity index (χ0) is 26.9. The molecule has 0 fully saturated rings. The van der Waals surface area contributed by atoms with Crippen molar-refractivity contribution in [1.82, 2.24) is 29.8 Å². The molecule has 9 rings (SSSR count). The predicted octanol–water partition coefficient (Wildman–Crippen LogP) is 7.18. The largest absolute Gasteiger partial charge is 0.356 e. The number of nitrogens with zero attached hydrogens (tertiary/aromatic N) is 4. The fourth-order valence-electron chi connectivity index (χ4n) is 7.55. The van der Waals surface area contributed by atoms with Gasteiger partial charge in [0.05, 0.1) is 22.4 Å². The monoisotopic (exact) mass is 526 g/mol. The number of benzene rings is 3. The minimum absolute atomic E-state index is 0.317. The number of nitrogens with one attached hydrogen (secondary N) is 2. The highest BCUT2D eigenvalue weighted by Gasteiger charge is 2.42. The second-order valence-electron chi connectivity index (χ2n) is 12.3. The lowest BCUT2D eigenvalue weighted by Gasteiger charge is -2.41. The normalized spacial score (nSPS) is 25.4. The van der Waals surface area contributed by atoms with E-state index in [2.05, 4.69) is 131 Å². The summed E-state index contributed by atoms with van der Waals surface area (Å²) in [4.78, 5) is 12.9. The summed E-state index contributed by atoms with van der Waals surface area (Å²) in [5.41, 5.74) is 10.3. The summed E-state index contributed by atoms with van der Waals surface area (Å²) in [7, 11) is 0. The lowest BCUT2D eigenvalue weighted by atomic mass is 9.96. The average Bonchev–Trinajstić information content (AvgIpc) is 3.78. The number of aromatic amines is 2. The maximum absolute atomic E-state index is 3.91. The van der Waals surface area contributed by atoms with E-state index < -0.39 is 0 Å². The molecule has 40 heavy (non-hydrogen) atoms. The van der Waals surface area contributed by atoms with Gasteiger partial charge in [-0.3, -0.25) is 10.0 Å². The van der Waals surface area contributed by atoms with Crippen LogP contribution in [0.25, 0.3) is 44.0 Å². The van der Waals surface area contributed by atoms with Gasteiger partial charge in [0, 0.05) is 69.6 Å². The maximum atomic E-state index is 3.91. The van der Waals surface area contributed by atoms with E-state index in [0.29, 0.717) is 23.9 Å². The fourth-order valence-corrected chi connectivity index (χ4v) is 7.55. The Labute approximate surface area is 234 Å². The first-order valence-corrected chi connectivity index (χ1v) is 14.6. The third-order valence-electron chi connectivity index (χ3n) is 10.4. The Bertz CT molecular complexity index is 1790. The fraction of sp³-hybridized carbons (Fsp3) is 0.294. The number of hydrogen-bond donors (Lipinski definition) is 2. The standard InChI is InChI=1S/C34H34N6/c1-19-21(3)37-15-31-25-11-7-8-12-26(25)32-16-38(18-40(32)39(31)17-37)22(4)20(2)30-14-28-24-10-6-5-9-23(24)27-13-29(19)35-33(27)34(28)36-30/h5-16,19-22,35-36H,17-18H2,1-4H3. The van der Waals surface area contributed by atoms with Crippen LogP contribution in [0, 0.1) is 0 Å². The van der Waals surface area contributed by atoms with Crippen LogP contribution in [0.1, 0.15) is 62.0 Å². The number of fused-ring (bicyclic) bond motifs is 10. The Morgan fingerprint density at radius 2 is 1.00 bits per heavy atom. The number of rotatable bonds is 0. The second-order valence-corrected chi connectivity index (χ2v) is 12.3. The average molecular weight is 527 g/mol. The van der Waals surface area contributed by atoms with Crippen LogP contribution >= 0.6 is 0 Å². The van der Waals surface area contributed by atoms with Gasteiger partial charge in [0.25, 0.3) is 0 Å². The van der Waals surface area contributed by atoms with Crippen LogP contribution in [0.2, 0.25) is 0 Å². The van der Waals surface area contributed by atoms with Gasteiger partial charge >= 0.3 is 0 Å². The van der Waals surface area contributed by atoms with Gasteiger partial charge in [0.2, 0.25) is 0 Å². The Kier molecular flexibility index (Phi) is 4.31. The van der Waals surface area contributed by atoms with Crippen molar-refractivity contribution in [3.63, 3.8) is 0 Å². The summed E-state index contributed by atoms with van der Waals surface area (Å²) >= 11 is 0. The van der Waals surface area contributed by atoms with Crippen LogP contribution in [-0.4, -0.2) is 55.2 Å². The molecule has 0 radical (unpaired) electrons. The molecule has 4 unspecified atom stereocenters. The van der Waals surface area contributed by atoms with Crippen LogP contribution in [0.15, 0.2) is 73.1 Å². The summed E-state index contributed by atoms with van der Waals surface area (Å²) in [5, 5.41) is 10.3. The third-order valence-corrected chi connectivity index (χ3v) is 10.4. The first-order chi connectivity index (χ1) is 19.5. The highest BCUT2D eigenvalue weighted by molar-refractivity contribution is 6.23. The third kappa shape index (κ3) is 2.78. The zero-order valence-corrected chi connectivity index (χ0v) is 23.4. The van der Waals surface area contributed by atoms with Gasteiger partial charge in [-0.2, -0.15) is 0 Å². The molecular weight excluding hydrogens is 492 g/mol. The Hall–Kier alpha value is -4.32. The summed E-state index contributed by atoms with van der Waals surface area (Å²) < 4.78 is 0. The highest BCUT2D eigenvalue weighted by atomic mass is 15.7. The van der Waals surface area contributed by atoms with Crippen molar-refractivity contribution in [1.29, 1.82) is 0 Å². The molecule has 2 N–H and O–H groups in total. The first-order valence-electron chi connectivity index (χ1n) is 14.6. The van der Waals surface area contributed by atoms with Crippen LogP contribution in [0.5, 0.6) is 0 Å². The van der Waals surface area contributed by atoms with Crippen molar-refractivity contribution in [2.24, 2.45) is 0 Å². The summed E-state index contributed by atoms with van der Waals surface area (Å²) in [6, 6.07) is 23.3. The SMILES string of the molecule is CC1c2cc3c4ccccc4c4cc([nH]c4c3[nH]2)C(C)C(C)N2C=C3c4ccccc4C4=CN(CN4N3C2)C1C. The van der Waals surface area contributed by atoms with E-state index >= 15 is 0 Å². The van der Waals surface area contributed by atoms with Crippen LogP contribution in [-0.2, 0) is 0 Å². The molecule has 4 atom stereocenters. The number of H-pyrrole nitrogens is 2. The molecule has 4 aliphatic rings. The van der Waals surface area contributed by atoms with E-state index in [0.717, 1.165) is 13.3 Å². The molecule has 0 amide bonds. The summed E-state index contributed by atoms with van der Waals surface area (Å²) in [6.07, 6.45) is 4.80. The van der Waals surface area contributed by atoms with Crippen molar-refractivity contribution in [3.8, 4) is 0 Å². The van der Waals surface area contributed by atoms with Crippen LogP contribution < -0.4 is 0 Å². The lowest BCUT2D eigenvalue weighted by Crippen LogP contribution is -2.47. The van der Waals surface area contributed by atoms with Gasteiger partial charge in [-0.1, -0.05) is 62.4 Å². The van der Waals surface area contributed by atoms with Crippen molar-refractivity contribution < 1.29 is 0 Å². The molecule has 4 aliphatic heterocycles. The van der Waals surface area contributed by atoms with E-state index in [1.807, 2.05) is 0 Å². The van der Waals surface area contributed by atoms with E-state index in [1.165, 1.54) is 66.5 Å². The molecule has 200 valence electrons. The van der Waals surface area contributed by atoms with E-state index in [-0.39, 0.29) is 0 Å². The van der Waals surface area contributed by atoms with Crippen molar-refractivity contribution in [2.45, 2.75) is 51.6 Å². The molecule has 6 nitrogen and oxygen atoms in total. The molecule has 0 saturated heterocycles. The maximum Gasteiger partial charge on any atom is 0.110 e. The zero-order valence-electron chi connectivity index (χ0n) is 23.4. The minimum Gasteiger partial charge on any atom is -0.356 e. The molecule has 8 bridgehead atoms. The second kappa shape index (κ2) is 7.66. The Balaban J connectivity index is 1.31. The van der Waals surface area contributed by atoms with Crippen LogP contribution in [0.4, 0.5) is 0 Å².